The topological polar surface area (TPSA) is 43.1 Å². The van der Waals surface area contributed by atoms with Crippen molar-refractivity contribution in [3.8, 4) is 0 Å². The van der Waals surface area contributed by atoms with Gasteiger partial charge >= 0.3 is 0 Å². The van der Waals surface area contributed by atoms with Gasteiger partial charge in [-0.1, -0.05) is 34.1 Å². The van der Waals surface area contributed by atoms with E-state index in [1.807, 2.05) is 12.1 Å². The summed E-state index contributed by atoms with van der Waals surface area (Å²) in [6.45, 7) is 4.12. The predicted molar refractivity (Wildman–Crippen MR) is 82.5 cm³/mol. The number of carbonyl (C=O) groups is 1. The van der Waals surface area contributed by atoms with E-state index in [2.05, 4.69) is 35.8 Å². The third-order valence-electron chi connectivity index (χ3n) is 3.18. The van der Waals surface area contributed by atoms with Crippen molar-refractivity contribution < 1.29 is 4.79 Å². The Morgan fingerprint density at radius 3 is 2.47 bits per heavy atom. The summed E-state index contributed by atoms with van der Waals surface area (Å²) < 4.78 is 0.830. The van der Waals surface area contributed by atoms with E-state index in [-0.39, 0.29) is 5.78 Å². The molecule has 3 heteroatoms. The van der Waals surface area contributed by atoms with Crippen molar-refractivity contribution in [1.29, 1.82) is 0 Å². The lowest BCUT2D eigenvalue weighted by atomic mass is 9.99. The van der Waals surface area contributed by atoms with Gasteiger partial charge in [-0.05, 0) is 48.7 Å². The Balaban J connectivity index is 2.22. The fraction of sp³-hybridized carbons (Fsp3) is 0.188. The summed E-state index contributed by atoms with van der Waals surface area (Å²) in [5, 5.41) is 0. The van der Waals surface area contributed by atoms with Crippen LogP contribution < -0.4 is 5.73 Å². The highest BCUT2D eigenvalue weighted by atomic mass is 79.9. The normalized spacial score (nSPS) is 10.5. The maximum absolute atomic E-state index is 12.2. The number of nitrogen functional groups attached to an aromatic ring is 1. The highest BCUT2D eigenvalue weighted by Gasteiger charge is 2.09. The lowest BCUT2D eigenvalue weighted by molar-refractivity contribution is 0.0993. The van der Waals surface area contributed by atoms with Gasteiger partial charge in [0.25, 0.3) is 0 Å². The summed E-state index contributed by atoms with van der Waals surface area (Å²) in [5.74, 6) is 0.0799. The fourth-order valence-electron chi connectivity index (χ4n) is 1.97. The molecule has 0 spiro atoms. The van der Waals surface area contributed by atoms with Gasteiger partial charge in [0.15, 0.2) is 5.78 Å². The summed E-state index contributed by atoms with van der Waals surface area (Å²) in [5.41, 5.74) is 10.5. The second-order valence-electron chi connectivity index (χ2n) is 4.79. The molecule has 0 heterocycles. The minimum atomic E-state index is 0.0799. The maximum Gasteiger partial charge on any atom is 0.167 e. The average Bonchev–Trinajstić information content (AvgIpc) is 2.32. The molecule has 0 unspecified atom stereocenters. The van der Waals surface area contributed by atoms with Gasteiger partial charge in [0.1, 0.15) is 0 Å². The molecule has 0 aliphatic heterocycles. The number of hydrogen-bond acceptors (Lipinski definition) is 2. The number of hydrogen-bond donors (Lipinski definition) is 1. The Morgan fingerprint density at radius 2 is 1.84 bits per heavy atom. The van der Waals surface area contributed by atoms with Gasteiger partial charge in [-0.25, -0.2) is 0 Å². The van der Waals surface area contributed by atoms with Crippen molar-refractivity contribution >= 4 is 27.4 Å². The Labute approximate surface area is 121 Å². The van der Waals surface area contributed by atoms with Crippen LogP contribution in [0.1, 0.15) is 27.0 Å². The molecule has 2 rings (SSSR count). The number of halogens is 1. The van der Waals surface area contributed by atoms with Gasteiger partial charge in [0.2, 0.25) is 0 Å². The van der Waals surface area contributed by atoms with E-state index >= 15 is 0 Å². The molecule has 0 amide bonds. The van der Waals surface area contributed by atoms with Crippen molar-refractivity contribution in [2.75, 3.05) is 5.73 Å². The number of nitrogens with two attached hydrogens (primary N) is 1. The molecule has 2 aromatic rings. The van der Waals surface area contributed by atoms with Gasteiger partial charge in [0, 0.05) is 22.1 Å². The highest BCUT2D eigenvalue weighted by Crippen LogP contribution is 2.19. The molecule has 0 aliphatic carbocycles. The molecule has 0 atom stereocenters. The first kappa shape index (κ1) is 13.8. The maximum atomic E-state index is 12.2. The molecule has 0 aliphatic rings. The summed E-state index contributed by atoms with van der Waals surface area (Å²) >= 11 is 3.36. The fourth-order valence-corrected chi connectivity index (χ4v) is 2.49. The monoisotopic (exact) mass is 317 g/mol. The van der Waals surface area contributed by atoms with Crippen molar-refractivity contribution in [2.24, 2.45) is 0 Å². The quantitative estimate of drug-likeness (QED) is 0.685. The van der Waals surface area contributed by atoms with E-state index in [0.717, 1.165) is 10.0 Å². The van der Waals surface area contributed by atoms with Crippen LogP contribution in [-0.2, 0) is 6.42 Å². The summed E-state index contributed by atoms with van der Waals surface area (Å²) in [6, 6.07) is 11.4. The van der Waals surface area contributed by atoms with Crippen LogP contribution >= 0.6 is 15.9 Å². The van der Waals surface area contributed by atoms with Gasteiger partial charge in [-0.3, -0.25) is 4.79 Å². The van der Waals surface area contributed by atoms with Crippen LogP contribution in [0.4, 0.5) is 5.69 Å². The molecule has 0 bridgehead atoms. The van der Waals surface area contributed by atoms with E-state index in [4.69, 9.17) is 5.73 Å². The van der Waals surface area contributed by atoms with E-state index < -0.39 is 0 Å². The summed E-state index contributed by atoms with van der Waals surface area (Å²) in [7, 11) is 0. The van der Waals surface area contributed by atoms with Crippen LogP contribution in [0.2, 0.25) is 0 Å². The first-order valence-corrected chi connectivity index (χ1v) is 6.90. The summed E-state index contributed by atoms with van der Waals surface area (Å²) in [4.78, 5) is 12.2. The number of benzene rings is 2. The Kier molecular flexibility index (Phi) is 4.05. The smallest absolute Gasteiger partial charge is 0.167 e. The van der Waals surface area contributed by atoms with Gasteiger partial charge in [0.05, 0.1) is 0 Å². The molecule has 2 nitrogen and oxygen atoms in total. The first-order chi connectivity index (χ1) is 8.95. The van der Waals surface area contributed by atoms with Crippen molar-refractivity contribution in [2.45, 2.75) is 20.3 Å². The van der Waals surface area contributed by atoms with Gasteiger partial charge < -0.3 is 5.73 Å². The van der Waals surface area contributed by atoms with Crippen LogP contribution in [0.5, 0.6) is 0 Å². The molecule has 0 saturated heterocycles. The standard InChI is InChI=1S/C16H16BrNO/c1-10-3-4-12(5-11(10)2)6-16(19)13-7-14(17)9-15(18)8-13/h3-5,7-9H,6,18H2,1-2H3. The molecule has 19 heavy (non-hydrogen) atoms. The number of aryl methyl sites for hydroxylation is 2. The Bertz CT molecular complexity index is 614. The van der Waals surface area contributed by atoms with E-state index in [1.54, 1.807) is 18.2 Å². The number of anilines is 1. The SMILES string of the molecule is Cc1ccc(CC(=O)c2cc(N)cc(Br)c2)cc1C. The third-order valence-corrected chi connectivity index (χ3v) is 3.64. The second kappa shape index (κ2) is 5.57. The second-order valence-corrected chi connectivity index (χ2v) is 5.71. The molecule has 0 radical (unpaired) electrons. The molecule has 98 valence electrons. The Morgan fingerprint density at radius 1 is 1.11 bits per heavy atom. The van der Waals surface area contributed by atoms with E-state index in [0.29, 0.717) is 17.7 Å². The zero-order valence-electron chi connectivity index (χ0n) is 11.0. The van der Waals surface area contributed by atoms with Crippen LogP contribution in [-0.4, -0.2) is 5.78 Å². The largest absolute Gasteiger partial charge is 0.399 e. The first-order valence-electron chi connectivity index (χ1n) is 6.11. The number of rotatable bonds is 3. The molecule has 0 aromatic heterocycles. The van der Waals surface area contributed by atoms with Crippen LogP contribution in [0, 0.1) is 13.8 Å². The lowest BCUT2D eigenvalue weighted by Gasteiger charge is -2.06. The molecular weight excluding hydrogens is 302 g/mol. The predicted octanol–water partition coefficient (Wildman–Crippen LogP) is 4.07. The van der Waals surface area contributed by atoms with Gasteiger partial charge in [-0.2, -0.15) is 0 Å². The van der Waals surface area contributed by atoms with Crippen molar-refractivity contribution in [3.63, 3.8) is 0 Å². The van der Waals surface area contributed by atoms with Crippen molar-refractivity contribution in [1.82, 2.24) is 0 Å². The molecular formula is C16H16BrNO. The third kappa shape index (κ3) is 3.44. The number of Topliss-reactive ketones (excluding diaryl/α,β-unsaturated/α-hetero) is 1. The van der Waals surface area contributed by atoms with Crippen molar-refractivity contribution in [3.05, 3.63) is 63.1 Å². The Hall–Kier alpha value is -1.61. The molecule has 2 aromatic carbocycles. The highest BCUT2D eigenvalue weighted by molar-refractivity contribution is 9.10. The number of carbonyl (C=O) groups excluding carboxylic acids is 1. The summed E-state index contributed by atoms with van der Waals surface area (Å²) in [6.07, 6.45) is 0.400. The zero-order valence-corrected chi connectivity index (χ0v) is 12.6. The van der Waals surface area contributed by atoms with E-state index in [9.17, 15) is 4.79 Å². The zero-order chi connectivity index (χ0) is 14.0. The van der Waals surface area contributed by atoms with Gasteiger partial charge in [-0.15, -0.1) is 0 Å². The van der Waals surface area contributed by atoms with Crippen LogP contribution in [0.15, 0.2) is 40.9 Å². The minimum absolute atomic E-state index is 0.0799. The lowest BCUT2D eigenvalue weighted by Crippen LogP contribution is -2.05. The molecule has 0 saturated carbocycles. The molecule has 2 N–H and O–H groups in total. The number of ketones is 1. The molecule has 0 fully saturated rings. The average molecular weight is 318 g/mol. The van der Waals surface area contributed by atoms with Crippen LogP contribution in [0.3, 0.4) is 0 Å². The van der Waals surface area contributed by atoms with E-state index in [1.165, 1.54) is 11.1 Å². The van der Waals surface area contributed by atoms with Crippen LogP contribution in [0.25, 0.3) is 0 Å². The minimum Gasteiger partial charge on any atom is -0.399 e.